The largest absolute Gasteiger partial charge is 0.465 e. The summed E-state index contributed by atoms with van der Waals surface area (Å²) in [6.07, 6.45) is 7.67. The molecule has 0 bridgehead atoms. The van der Waals surface area contributed by atoms with Crippen molar-refractivity contribution in [3.8, 4) is 0 Å². The number of esters is 1. The molecule has 0 spiro atoms. The monoisotopic (exact) mass is 308 g/mol. The van der Waals surface area contributed by atoms with Crippen molar-refractivity contribution < 1.29 is 17.9 Å². The smallest absolute Gasteiger partial charge is 0.338 e. The van der Waals surface area contributed by atoms with E-state index in [1.807, 2.05) is 6.08 Å². The SMILES string of the molecule is COC(=O)/C(=C/C1CCCC1)c1ccc(S(C)(=O)=O)cc1. The molecule has 1 aromatic rings. The Balaban J connectivity index is 2.35. The number of ether oxygens (including phenoxy) is 1. The summed E-state index contributed by atoms with van der Waals surface area (Å²) >= 11 is 0. The van der Waals surface area contributed by atoms with Gasteiger partial charge in [-0.2, -0.15) is 0 Å². The molecule has 0 heterocycles. The number of methoxy groups -OCH3 is 1. The van der Waals surface area contributed by atoms with Crippen LogP contribution in [0, 0.1) is 5.92 Å². The maximum Gasteiger partial charge on any atom is 0.338 e. The van der Waals surface area contributed by atoms with Gasteiger partial charge in [-0.1, -0.05) is 31.1 Å². The highest BCUT2D eigenvalue weighted by Gasteiger charge is 2.19. The van der Waals surface area contributed by atoms with Gasteiger partial charge in [0.1, 0.15) is 0 Å². The summed E-state index contributed by atoms with van der Waals surface area (Å²) in [5.41, 5.74) is 1.21. The van der Waals surface area contributed by atoms with E-state index < -0.39 is 9.84 Å². The van der Waals surface area contributed by atoms with Crippen molar-refractivity contribution in [2.75, 3.05) is 13.4 Å². The normalized spacial score (nSPS) is 17.0. The molecule has 1 aliphatic carbocycles. The number of hydrogen-bond acceptors (Lipinski definition) is 4. The highest BCUT2D eigenvalue weighted by atomic mass is 32.2. The van der Waals surface area contributed by atoms with E-state index in [1.54, 1.807) is 12.1 Å². The van der Waals surface area contributed by atoms with Crippen molar-refractivity contribution in [2.24, 2.45) is 5.92 Å². The molecule has 0 atom stereocenters. The van der Waals surface area contributed by atoms with Crippen LogP contribution in [0.15, 0.2) is 35.2 Å². The van der Waals surface area contributed by atoms with Crippen molar-refractivity contribution in [3.05, 3.63) is 35.9 Å². The Morgan fingerprint density at radius 3 is 2.24 bits per heavy atom. The lowest BCUT2D eigenvalue weighted by atomic mass is 9.99. The number of benzene rings is 1. The van der Waals surface area contributed by atoms with Crippen LogP contribution in [0.1, 0.15) is 31.2 Å². The van der Waals surface area contributed by atoms with Crippen LogP contribution in [0.25, 0.3) is 5.57 Å². The van der Waals surface area contributed by atoms with Crippen molar-refractivity contribution in [1.82, 2.24) is 0 Å². The topological polar surface area (TPSA) is 60.4 Å². The fraction of sp³-hybridized carbons (Fsp3) is 0.438. The number of carbonyl (C=O) groups excluding carboxylic acids is 1. The summed E-state index contributed by atoms with van der Waals surface area (Å²) in [7, 11) is -1.87. The summed E-state index contributed by atoms with van der Waals surface area (Å²) in [6.45, 7) is 0. The lowest BCUT2D eigenvalue weighted by Gasteiger charge is -2.10. The molecule has 1 aromatic carbocycles. The number of allylic oxidation sites excluding steroid dienone is 1. The molecule has 0 amide bonds. The second-order valence-electron chi connectivity index (χ2n) is 5.41. The standard InChI is InChI=1S/C16H20O4S/c1-20-16(17)15(11-12-5-3-4-6-12)13-7-9-14(10-8-13)21(2,18)19/h7-12H,3-6H2,1-2H3/b15-11+. The highest BCUT2D eigenvalue weighted by molar-refractivity contribution is 7.90. The van der Waals surface area contributed by atoms with Gasteiger partial charge >= 0.3 is 5.97 Å². The lowest BCUT2D eigenvalue weighted by molar-refractivity contribution is -0.133. The molecular weight excluding hydrogens is 288 g/mol. The third-order valence-corrected chi connectivity index (χ3v) is 4.93. The van der Waals surface area contributed by atoms with Crippen LogP contribution in [-0.2, 0) is 19.4 Å². The second-order valence-corrected chi connectivity index (χ2v) is 7.43. The summed E-state index contributed by atoms with van der Waals surface area (Å²) in [5, 5.41) is 0. The van der Waals surface area contributed by atoms with Crippen molar-refractivity contribution in [1.29, 1.82) is 0 Å². The molecule has 2 rings (SSSR count). The van der Waals surface area contributed by atoms with Gasteiger partial charge in [0, 0.05) is 6.26 Å². The van der Waals surface area contributed by atoms with Crippen LogP contribution < -0.4 is 0 Å². The fourth-order valence-corrected chi connectivity index (χ4v) is 3.26. The summed E-state index contributed by atoms with van der Waals surface area (Å²) in [5.74, 6) is 0.0164. The quantitative estimate of drug-likeness (QED) is 0.634. The number of rotatable bonds is 4. The van der Waals surface area contributed by atoms with Crippen LogP contribution >= 0.6 is 0 Å². The van der Waals surface area contributed by atoms with Gasteiger partial charge in [0.05, 0.1) is 17.6 Å². The van der Waals surface area contributed by atoms with E-state index in [4.69, 9.17) is 4.74 Å². The first kappa shape index (κ1) is 15.8. The van der Waals surface area contributed by atoms with Crippen molar-refractivity contribution in [3.63, 3.8) is 0 Å². The van der Waals surface area contributed by atoms with Gasteiger partial charge in [0.15, 0.2) is 9.84 Å². The maximum atomic E-state index is 12.0. The molecule has 1 saturated carbocycles. The van der Waals surface area contributed by atoms with Gasteiger partial charge in [-0.15, -0.1) is 0 Å². The molecule has 5 heteroatoms. The van der Waals surface area contributed by atoms with E-state index >= 15 is 0 Å². The zero-order chi connectivity index (χ0) is 15.5. The summed E-state index contributed by atoms with van der Waals surface area (Å²) in [6, 6.07) is 6.37. The van der Waals surface area contributed by atoms with Crippen LogP contribution in [0.5, 0.6) is 0 Å². The summed E-state index contributed by atoms with van der Waals surface area (Å²) in [4.78, 5) is 12.2. The van der Waals surface area contributed by atoms with Crippen LogP contribution in [-0.4, -0.2) is 27.8 Å². The predicted octanol–water partition coefficient (Wildman–Crippen LogP) is 2.84. The molecule has 1 aliphatic rings. The predicted molar refractivity (Wildman–Crippen MR) is 81.5 cm³/mol. The van der Waals surface area contributed by atoms with Gasteiger partial charge in [0.2, 0.25) is 0 Å². The van der Waals surface area contributed by atoms with Gasteiger partial charge in [-0.3, -0.25) is 0 Å². The number of hydrogen-bond donors (Lipinski definition) is 0. The Morgan fingerprint density at radius 2 is 1.76 bits per heavy atom. The Labute approximate surface area is 125 Å². The zero-order valence-electron chi connectivity index (χ0n) is 12.3. The average Bonchev–Trinajstić information content (AvgIpc) is 2.96. The molecule has 4 nitrogen and oxygen atoms in total. The molecule has 1 fully saturated rings. The first-order chi connectivity index (χ1) is 9.91. The van der Waals surface area contributed by atoms with E-state index in [-0.39, 0.29) is 10.9 Å². The molecule has 0 radical (unpaired) electrons. The molecule has 21 heavy (non-hydrogen) atoms. The maximum absolute atomic E-state index is 12.0. The molecule has 114 valence electrons. The molecular formula is C16H20O4S. The van der Waals surface area contributed by atoms with E-state index in [0.29, 0.717) is 17.1 Å². The minimum Gasteiger partial charge on any atom is -0.465 e. The minimum absolute atomic E-state index is 0.247. The Hall–Kier alpha value is -1.62. The first-order valence-electron chi connectivity index (χ1n) is 7.02. The highest BCUT2D eigenvalue weighted by Crippen LogP contribution is 2.29. The van der Waals surface area contributed by atoms with E-state index in [9.17, 15) is 13.2 Å². The third-order valence-electron chi connectivity index (χ3n) is 3.80. The fourth-order valence-electron chi connectivity index (χ4n) is 2.63. The van der Waals surface area contributed by atoms with E-state index in [1.165, 1.54) is 32.1 Å². The Morgan fingerprint density at radius 1 is 1.19 bits per heavy atom. The van der Waals surface area contributed by atoms with Gasteiger partial charge in [0.25, 0.3) is 0 Å². The van der Waals surface area contributed by atoms with Crippen LogP contribution in [0.3, 0.4) is 0 Å². The van der Waals surface area contributed by atoms with Gasteiger partial charge < -0.3 is 4.74 Å². The van der Waals surface area contributed by atoms with Crippen molar-refractivity contribution >= 4 is 21.4 Å². The second kappa shape index (κ2) is 6.43. The number of sulfone groups is 1. The summed E-state index contributed by atoms with van der Waals surface area (Å²) < 4.78 is 27.8. The van der Waals surface area contributed by atoms with Gasteiger partial charge in [-0.05, 0) is 36.5 Å². The van der Waals surface area contributed by atoms with Crippen LogP contribution in [0.4, 0.5) is 0 Å². The Kier molecular flexibility index (Phi) is 4.83. The first-order valence-corrected chi connectivity index (χ1v) is 8.91. The molecule has 0 unspecified atom stereocenters. The van der Waals surface area contributed by atoms with E-state index in [2.05, 4.69) is 0 Å². The zero-order valence-corrected chi connectivity index (χ0v) is 13.2. The number of carbonyl (C=O) groups is 1. The third kappa shape index (κ3) is 3.94. The molecule has 0 aliphatic heterocycles. The van der Waals surface area contributed by atoms with Crippen LogP contribution in [0.2, 0.25) is 0 Å². The molecule has 0 N–H and O–H groups in total. The average molecular weight is 308 g/mol. The van der Waals surface area contributed by atoms with Crippen molar-refractivity contribution in [2.45, 2.75) is 30.6 Å². The molecule has 0 aromatic heterocycles. The lowest BCUT2D eigenvalue weighted by Crippen LogP contribution is -2.06. The molecule has 0 saturated heterocycles. The van der Waals surface area contributed by atoms with Gasteiger partial charge in [-0.25, -0.2) is 13.2 Å². The Bertz CT molecular complexity index is 635. The van der Waals surface area contributed by atoms with E-state index in [0.717, 1.165) is 19.1 Å². The minimum atomic E-state index is -3.23.